The molecule has 0 bridgehead atoms. The van der Waals surface area contributed by atoms with Gasteiger partial charge in [0.15, 0.2) is 5.78 Å². The van der Waals surface area contributed by atoms with Gasteiger partial charge >= 0.3 is 0 Å². The van der Waals surface area contributed by atoms with E-state index in [1.165, 1.54) is 17.3 Å². The number of halogens is 1. The molecule has 0 radical (unpaired) electrons. The van der Waals surface area contributed by atoms with E-state index in [0.717, 1.165) is 17.7 Å². The van der Waals surface area contributed by atoms with Crippen molar-refractivity contribution in [2.75, 3.05) is 0 Å². The van der Waals surface area contributed by atoms with E-state index in [2.05, 4.69) is 12.1 Å². The predicted octanol–water partition coefficient (Wildman–Crippen LogP) is 4.94. The second-order valence-corrected chi connectivity index (χ2v) is 6.43. The molecule has 1 atom stereocenters. The van der Waals surface area contributed by atoms with Crippen molar-refractivity contribution in [1.82, 2.24) is 0 Å². The van der Waals surface area contributed by atoms with Crippen LogP contribution in [0.1, 0.15) is 18.4 Å². The number of ketones is 1. The van der Waals surface area contributed by atoms with Crippen LogP contribution in [0.25, 0.3) is 0 Å². The fourth-order valence-corrected chi connectivity index (χ4v) is 3.13. The van der Waals surface area contributed by atoms with Gasteiger partial charge in [-0.1, -0.05) is 60.3 Å². The summed E-state index contributed by atoms with van der Waals surface area (Å²) in [6.45, 7) is 0. The standard InChI is InChI=1S/C17H17ClOS/c18-17(20-15-11-5-2-6-12-15)16(19)13-7-10-14-8-3-1-4-9-14/h1-6,8-9,11-12,17H,7,10,13H2. The monoisotopic (exact) mass is 304 g/mol. The second kappa shape index (κ2) is 8.13. The molecule has 1 nitrogen and oxygen atoms in total. The summed E-state index contributed by atoms with van der Waals surface area (Å²) in [4.78, 5) is 13.0. The molecular formula is C17H17ClOS. The summed E-state index contributed by atoms with van der Waals surface area (Å²) in [7, 11) is 0. The fraction of sp³-hybridized carbons (Fsp3) is 0.235. The molecule has 0 aliphatic carbocycles. The van der Waals surface area contributed by atoms with Crippen molar-refractivity contribution in [2.45, 2.75) is 28.9 Å². The third-order valence-electron chi connectivity index (χ3n) is 2.97. The van der Waals surface area contributed by atoms with Crippen LogP contribution in [-0.4, -0.2) is 10.5 Å². The molecule has 0 aromatic heterocycles. The van der Waals surface area contributed by atoms with Crippen molar-refractivity contribution < 1.29 is 4.79 Å². The Bertz CT molecular complexity index is 527. The first-order valence-corrected chi connectivity index (χ1v) is 8.00. The van der Waals surface area contributed by atoms with Gasteiger partial charge in [-0.15, -0.1) is 11.6 Å². The molecule has 0 saturated carbocycles. The third-order valence-corrected chi connectivity index (χ3v) is 4.49. The van der Waals surface area contributed by atoms with E-state index in [0.29, 0.717) is 6.42 Å². The van der Waals surface area contributed by atoms with Gasteiger partial charge in [0.25, 0.3) is 0 Å². The molecule has 2 aromatic carbocycles. The van der Waals surface area contributed by atoms with Gasteiger partial charge in [-0.05, 0) is 30.5 Å². The van der Waals surface area contributed by atoms with Crippen molar-refractivity contribution in [2.24, 2.45) is 0 Å². The zero-order chi connectivity index (χ0) is 14.2. The van der Waals surface area contributed by atoms with Gasteiger partial charge in [-0.2, -0.15) is 0 Å². The van der Waals surface area contributed by atoms with E-state index in [-0.39, 0.29) is 5.78 Å². The maximum absolute atomic E-state index is 12.0. The van der Waals surface area contributed by atoms with E-state index >= 15 is 0 Å². The molecule has 0 fully saturated rings. The molecule has 2 aromatic rings. The number of benzene rings is 2. The van der Waals surface area contributed by atoms with Crippen molar-refractivity contribution in [1.29, 1.82) is 0 Å². The molecule has 0 amide bonds. The zero-order valence-corrected chi connectivity index (χ0v) is 12.7. The number of hydrogen-bond donors (Lipinski definition) is 0. The summed E-state index contributed by atoms with van der Waals surface area (Å²) in [5, 5.41) is 0. The third kappa shape index (κ3) is 5.03. The highest BCUT2D eigenvalue weighted by atomic mass is 35.5. The lowest BCUT2D eigenvalue weighted by Gasteiger charge is -2.08. The SMILES string of the molecule is O=C(CCCc1ccccc1)C(Cl)Sc1ccccc1. The van der Waals surface area contributed by atoms with Gasteiger partial charge in [0.2, 0.25) is 0 Å². The van der Waals surface area contributed by atoms with Crippen LogP contribution in [0, 0.1) is 0 Å². The van der Waals surface area contributed by atoms with Crippen LogP contribution < -0.4 is 0 Å². The Morgan fingerprint density at radius 3 is 2.25 bits per heavy atom. The van der Waals surface area contributed by atoms with E-state index < -0.39 is 4.71 Å². The minimum Gasteiger partial charge on any atom is -0.297 e. The molecule has 0 N–H and O–H groups in total. The maximum Gasteiger partial charge on any atom is 0.161 e. The maximum atomic E-state index is 12.0. The van der Waals surface area contributed by atoms with Crippen molar-refractivity contribution in [3.05, 3.63) is 66.2 Å². The highest BCUT2D eigenvalue weighted by Gasteiger charge is 2.15. The van der Waals surface area contributed by atoms with Gasteiger partial charge < -0.3 is 0 Å². The highest BCUT2D eigenvalue weighted by molar-refractivity contribution is 8.01. The Balaban J connectivity index is 1.74. The topological polar surface area (TPSA) is 17.1 Å². The molecule has 0 aliphatic rings. The van der Waals surface area contributed by atoms with Gasteiger partial charge in [0.05, 0.1) is 0 Å². The molecule has 20 heavy (non-hydrogen) atoms. The molecule has 1 unspecified atom stereocenters. The molecule has 0 aliphatic heterocycles. The van der Waals surface area contributed by atoms with Crippen LogP contribution in [0.4, 0.5) is 0 Å². The van der Waals surface area contributed by atoms with Crippen LogP contribution in [0.15, 0.2) is 65.6 Å². The average Bonchev–Trinajstić information content (AvgIpc) is 2.49. The Morgan fingerprint density at radius 1 is 1.00 bits per heavy atom. The highest BCUT2D eigenvalue weighted by Crippen LogP contribution is 2.27. The van der Waals surface area contributed by atoms with Crippen LogP contribution in [0.2, 0.25) is 0 Å². The van der Waals surface area contributed by atoms with Gasteiger partial charge in [0, 0.05) is 11.3 Å². The summed E-state index contributed by atoms with van der Waals surface area (Å²) < 4.78 is -0.492. The van der Waals surface area contributed by atoms with E-state index in [1.807, 2.05) is 48.5 Å². The fourth-order valence-electron chi connectivity index (χ4n) is 1.91. The summed E-state index contributed by atoms with van der Waals surface area (Å²) in [5.74, 6) is 0.108. The molecule has 0 saturated heterocycles. The molecule has 3 heteroatoms. The normalized spacial score (nSPS) is 12.1. The Hall–Kier alpha value is -1.25. The minimum atomic E-state index is -0.492. The smallest absolute Gasteiger partial charge is 0.161 e. The summed E-state index contributed by atoms with van der Waals surface area (Å²) >= 11 is 7.57. The van der Waals surface area contributed by atoms with Gasteiger partial charge in [-0.3, -0.25) is 4.79 Å². The van der Waals surface area contributed by atoms with E-state index in [1.54, 1.807) is 0 Å². The van der Waals surface area contributed by atoms with Crippen molar-refractivity contribution in [3.63, 3.8) is 0 Å². The first-order valence-electron chi connectivity index (χ1n) is 6.68. The lowest BCUT2D eigenvalue weighted by atomic mass is 10.1. The summed E-state index contributed by atoms with van der Waals surface area (Å²) in [5.41, 5.74) is 1.27. The Kier molecular flexibility index (Phi) is 6.16. The van der Waals surface area contributed by atoms with Gasteiger partial charge in [-0.25, -0.2) is 0 Å². The van der Waals surface area contributed by atoms with Crippen LogP contribution >= 0.6 is 23.4 Å². The number of aryl methyl sites for hydroxylation is 1. The predicted molar refractivity (Wildman–Crippen MR) is 86.3 cm³/mol. The summed E-state index contributed by atoms with van der Waals surface area (Å²) in [6, 6.07) is 20.0. The van der Waals surface area contributed by atoms with Crippen molar-refractivity contribution >= 4 is 29.1 Å². The van der Waals surface area contributed by atoms with Crippen molar-refractivity contribution in [3.8, 4) is 0 Å². The quantitative estimate of drug-likeness (QED) is 0.532. The van der Waals surface area contributed by atoms with Gasteiger partial charge in [0.1, 0.15) is 4.71 Å². The lowest BCUT2D eigenvalue weighted by Crippen LogP contribution is -2.10. The minimum absolute atomic E-state index is 0.108. The average molecular weight is 305 g/mol. The van der Waals surface area contributed by atoms with Crippen LogP contribution in [0.3, 0.4) is 0 Å². The number of Topliss-reactive ketones (excluding diaryl/α,β-unsaturated/α-hetero) is 1. The van der Waals surface area contributed by atoms with E-state index in [4.69, 9.17) is 11.6 Å². The molecule has 2 rings (SSSR count). The first-order chi connectivity index (χ1) is 9.75. The lowest BCUT2D eigenvalue weighted by molar-refractivity contribution is -0.117. The number of hydrogen-bond acceptors (Lipinski definition) is 2. The summed E-state index contributed by atoms with van der Waals surface area (Å²) in [6.07, 6.45) is 2.30. The zero-order valence-electron chi connectivity index (χ0n) is 11.2. The molecule has 0 spiro atoms. The number of carbonyl (C=O) groups is 1. The van der Waals surface area contributed by atoms with E-state index in [9.17, 15) is 4.79 Å². The Labute approximate surface area is 129 Å². The van der Waals surface area contributed by atoms with Crippen LogP contribution in [-0.2, 0) is 11.2 Å². The molecular weight excluding hydrogens is 288 g/mol. The Morgan fingerprint density at radius 2 is 1.60 bits per heavy atom. The number of alkyl halides is 1. The molecule has 104 valence electrons. The number of thioether (sulfide) groups is 1. The number of carbonyl (C=O) groups excluding carboxylic acids is 1. The number of rotatable bonds is 7. The second-order valence-electron chi connectivity index (χ2n) is 4.55. The first kappa shape index (κ1) is 15.1. The molecule has 0 heterocycles. The van der Waals surface area contributed by atoms with Crippen LogP contribution in [0.5, 0.6) is 0 Å². The largest absolute Gasteiger partial charge is 0.297 e.